The van der Waals surface area contributed by atoms with Gasteiger partial charge in [-0.2, -0.15) is 0 Å². The highest BCUT2D eigenvalue weighted by molar-refractivity contribution is 9.10. The zero-order valence-electron chi connectivity index (χ0n) is 10.7. The first kappa shape index (κ1) is 12.4. The van der Waals surface area contributed by atoms with Crippen molar-refractivity contribution in [3.8, 4) is 0 Å². The maximum absolute atomic E-state index is 5.85. The van der Waals surface area contributed by atoms with Crippen molar-refractivity contribution in [3.05, 3.63) is 22.8 Å². The van der Waals surface area contributed by atoms with Crippen molar-refractivity contribution in [3.63, 3.8) is 0 Å². The second-order valence-corrected chi connectivity index (χ2v) is 6.24. The molecule has 0 aromatic carbocycles. The number of hydrogen-bond donors (Lipinski definition) is 1. The van der Waals surface area contributed by atoms with Crippen LogP contribution >= 0.6 is 15.9 Å². The lowest BCUT2D eigenvalue weighted by Gasteiger charge is -2.61. The number of nitrogens with zero attached hydrogens (tertiary/aromatic N) is 1. The van der Waals surface area contributed by atoms with Gasteiger partial charge in [0, 0.05) is 28.7 Å². The molecule has 1 N–H and O–H groups in total. The minimum atomic E-state index is 0.394. The summed E-state index contributed by atoms with van der Waals surface area (Å²) in [5.41, 5.74) is 0.394. The van der Waals surface area contributed by atoms with Gasteiger partial charge in [-0.25, -0.2) is 4.98 Å². The van der Waals surface area contributed by atoms with Crippen molar-refractivity contribution in [1.82, 2.24) is 4.98 Å². The van der Waals surface area contributed by atoms with Gasteiger partial charge in [-0.3, -0.25) is 0 Å². The van der Waals surface area contributed by atoms with E-state index in [0.717, 1.165) is 23.3 Å². The van der Waals surface area contributed by atoms with Gasteiger partial charge < -0.3 is 10.1 Å². The third-order valence-electron chi connectivity index (χ3n) is 4.49. The molecule has 2 unspecified atom stereocenters. The van der Waals surface area contributed by atoms with E-state index < -0.39 is 0 Å². The van der Waals surface area contributed by atoms with Crippen molar-refractivity contribution in [2.75, 3.05) is 11.9 Å². The molecule has 1 aromatic heterocycles. The number of ether oxygens (including phenoxy) is 1. The van der Waals surface area contributed by atoms with Crippen molar-refractivity contribution in [1.29, 1.82) is 0 Å². The summed E-state index contributed by atoms with van der Waals surface area (Å²) in [6.07, 6.45) is 7.36. The summed E-state index contributed by atoms with van der Waals surface area (Å²) in [5, 5.41) is 3.57. The van der Waals surface area contributed by atoms with Crippen LogP contribution < -0.4 is 5.32 Å². The maximum Gasteiger partial charge on any atom is 0.126 e. The first-order valence-electron chi connectivity index (χ1n) is 6.74. The molecule has 2 saturated carbocycles. The fourth-order valence-corrected chi connectivity index (χ4v) is 3.51. The lowest BCUT2D eigenvalue weighted by molar-refractivity contribution is -0.157. The molecule has 18 heavy (non-hydrogen) atoms. The molecule has 0 bridgehead atoms. The van der Waals surface area contributed by atoms with E-state index in [1.54, 1.807) is 0 Å². The quantitative estimate of drug-likeness (QED) is 0.922. The van der Waals surface area contributed by atoms with E-state index >= 15 is 0 Å². The lowest BCUT2D eigenvalue weighted by atomic mass is 9.51. The second-order valence-electron chi connectivity index (χ2n) is 5.32. The molecular weight excluding hydrogens is 292 g/mol. The Labute approximate surface area is 116 Å². The summed E-state index contributed by atoms with van der Waals surface area (Å²) >= 11 is 3.41. The largest absolute Gasteiger partial charge is 0.378 e. The molecule has 2 atom stereocenters. The van der Waals surface area contributed by atoms with Crippen LogP contribution in [-0.2, 0) is 4.74 Å². The van der Waals surface area contributed by atoms with Crippen LogP contribution in [0.3, 0.4) is 0 Å². The Morgan fingerprint density at radius 1 is 1.50 bits per heavy atom. The Morgan fingerprint density at radius 3 is 2.89 bits per heavy atom. The van der Waals surface area contributed by atoms with Crippen LogP contribution in [0.2, 0.25) is 0 Å². The maximum atomic E-state index is 5.85. The fraction of sp³-hybridized carbons (Fsp3) is 0.643. The number of anilines is 1. The fourth-order valence-electron chi connectivity index (χ4n) is 3.28. The minimum absolute atomic E-state index is 0.394. The van der Waals surface area contributed by atoms with E-state index in [0.29, 0.717) is 17.6 Å². The molecule has 2 fully saturated rings. The molecule has 3 rings (SSSR count). The number of nitrogens with one attached hydrogen (secondary N) is 1. The molecule has 0 saturated heterocycles. The average molecular weight is 311 g/mol. The Bertz CT molecular complexity index is 416. The Hall–Kier alpha value is -0.610. The first-order chi connectivity index (χ1) is 8.74. The second kappa shape index (κ2) is 4.82. The molecule has 1 spiro atoms. The molecule has 0 radical (unpaired) electrons. The van der Waals surface area contributed by atoms with Gasteiger partial charge >= 0.3 is 0 Å². The van der Waals surface area contributed by atoms with E-state index in [-0.39, 0.29) is 0 Å². The predicted octanol–water partition coefficient (Wildman–Crippen LogP) is 3.60. The van der Waals surface area contributed by atoms with Crippen molar-refractivity contribution in [2.45, 2.75) is 44.8 Å². The summed E-state index contributed by atoms with van der Waals surface area (Å²) in [5.74, 6) is 0.976. The zero-order valence-corrected chi connectivity index (χ0v) is 12.2. The molecule has 4 heteroatoms. The number of aromatic nitrogens is 1. The van der Waals surface area contributed by atoms with Gasteiger partial charge in [0.25, 0.3) is 0 Å². The van der Waals surface area contributed by atoms with Crippen LogP contribution in [0, 0.1) is 5.41 Å². The summed E-state index contributed by atoms with van der Waals surface area (Å²) in [6.45, 7) is 2.92. The molecule has 1 aromatic rings. The van der Waals surface area contributed by atoms with Crippen molar-refractivity contribution < 1.29 is 4.74 Å². The lowest BCUT2D eigenvalue weighted by Crippen LogP contribution is -2.64. The highest BCUT2D eigenvalue weighted by atomic mass is 79.9. The number of hydrogen-bond acceptors (Lipinski definition) is 3. The molecule has 1 heterocycles. The topological polar surface area (TPSA) is 34.1 Å². The van der Waals surface area contributed by atoms with E-state index in [9.17, 15) is 0 Å². The SMILES string of the molecule is CCOC1CC(Nc2ccc(Br)cn2)C12CCC2. The van der Waals surface area contributed by atoms with E-state index in [1.165, 1.54) is 19.3 Å². The van der Waals surface area contributed by atoms with Crippen LogP contribution in [0.5, 0.6) is 0 Å². The van der Waals surface area contributed by atoms with Gasteiger partial charge in [0.05, 0.1) is 6.10 Å². The summed E-state index contributed by atoms with van der Waals surface area (Å²) in [6, 6.07) is 4.60. The Balaban J connectivity index is 1.66. The van der Waals surface area contributed by atoms with Crippen LogP contribution in [-0.4, -0.2) is 23.7 Å². The number of halogens is 1. The van der Waals surface area contributed by atoms with E-state index in [2.05, 4.69) is 33.2 Å². The van der Waals surface area contributed by atoms with Crippen molar-refractivity contribution in [2.24, 2.45) is 5.41 Å². The average Bonchev–Trinajstić information content (AvgIpc) is 2.28. The molecule has 2 aliphatic carbocycles. The highest BCUT2D eigenvalue weighted by Gasteiger charge is 2.58. The van der Waals surface area contributed by atoms with Gasteiger partial charge in [-0.05, 0) is 54.2 Å². The van der Waals surface area contributed by atoms with Crippen LogP contribution in [0.4, 0.5) is 5.82 Å². The van der Waals surface area contributed by atoms with E-state index in [1.807, 2.05) is 18.3 Å². The van der Waals surface area contributed by atoms with Gasteiger partial charge in [0.1, 0.15) is 5.82 Å². The molecule has 2 aliphatic rings. The summed E-state index contributed by atoms with van der Waals surface area (Å²) in [7, 11) is 0. The monoisotopic (exact) mass is 310 g/mol. The highest BCUT2D eigenvalue weighted by Crippen LogP contribution is 2.58. The summed E-state index contributed by atoms with van der Waals surface area (Å²) < 4.78 is 6.88. The first-order valence-corrected chi connectivity index (χ1v) is 7.53. The van der Waals surface area contributed by atoms with Gasteiger partial charge in [-0.15, -0.1) is 0 Å². The van der Waals surface area contributed by atoms with Crippen LogP contribution in [0.15, 0.2) is 22.8 Å². The van der Waals surface area contributed by atoms with Crippen LogP contribution in [0.25, 0.3) is 0 Å². The standard InChI is InChI=1S/C14H19BrN2O/c1-2-18-12-8-11(14(12)6-3-7-14)17-13-5-4-10(15)9-16-13/h4-5,9,11-12H,2-3,6-8H2,1H3,(H,16,17). The van der Waals surface area contributed by atoms with Crippen molar-refractivity contribution >= 4 is 21.7 Å². The Kier molecular flexibility index (Phi) is 3.32. The van der Waals surface area contributed by atoms with Gasteiger partial charge in [-0.1, -0.05) is 6.42 Å². The van der Waals surface area contributed by atoms with Gasteiger partial charge in [0.2, 0.25) is 0 Å². The van der Waals surface area contributed by atoms with E-state index in [4.69, 9.17) is 4.74 Å². The molecule has 98 valence electrons. The third kappa shape index (κ3) is 1.95. The number of rotatable bonds is 4. The molecular formula is C14H19BrN2O. The Morgan fingerprint density at radius 2 is 2.33 bits per heavy atom. The third-order valence-corrected chi connectivity index (χ3v) is 4.96. The molecule has 0 aliphatic heterocycles. The zero-order chi connectivity index (χ0) is 12.6. The van der Waals surface area contributed by atoms with Gasteiger partial charge in [0.15, 0.2) is 0 Å². The smallest absolute Gasteiger partial charge is 0.126 e. The minimum Gasteiger partial charge on any atom is -0.378 e. The normalized spacial score (nSPS) is 28.6. The molecule has 3 nitrogen and oxygen atoms in total. The van der Waals surface area contributed by atoms with Crippen LogP contribution in [0.1, 0.15) is 32.6 Å². The summed E-state index contributed by atoms with van der Waals surface area (Å²) in [4.78, 5) is 4.40. The predicted molar refractivity (Wildman–Crippen MR) is 75.7 cm³/mol. The molecule has 0 amide bonds. The number of pyridine rings is 1.